The van der Waals surface area contributed by atoms with Crippen molar-refractivity contribution in [3.63, 3.8) is 0 Å². The Balaban J connectivity index is 0.982. The van der Waals surface area contributed by atoms with Crippen molar-refractivity contribution in [2.45, 2.75) is 104 Å². The van der Waals surface area contributed by atoms with Gasteiger partial charge in [0.25, 0.3) is 5.91 Å². The molecule has 1 saturated heterocycles. The van der Waals surface area contributed by atoms with Gasteiger partial charge in [-0.05, 0) is 107 Å². The molecular weight excluding hydrogens is 857 g/mol. The zero-order valence-electron chi connectivity index (χ0n) is 39.8. The van der Waals surface area contributed by atoms with Gasteiger partial charge in [-0.25, -0.2) is 19.6 Å². The fourth-order valence-electron chi connectivity index (χ4n) is 7.90. The summed E-state index contributed by atoms with van der Waals surface area (Å²) in [5.74, 6) is 7.13. The highest BCUT2D eigenvalue weighted by Gasteiger charge is 2.38. The van der Waals surface area contributed by atoms with E-state index < -0.39 is 47.4 Å². The summed E-state index contributed by atoms with van der Waals surface area (Å²) in [6, 6.07) is 31.3. The van der Waals surface area contributed by atoms with E-state index in [4.69, 9.17) is 14.5 Å². The van der Waals surface area contributed by atoms with E-state index in [-0.39, 0.29) is 17.9 Å². The molecule has 68 heavy (non-hydrogen) atoms. The van der Waals surface area contributed by atoms with Crippen LogP contribution in [0.25, 0.3) is 22.5 Å². The Bertz CT molecular complexity index is 2650. The quantitative estimate of drug-likeness (QED) is 0.0752. The third-order valence-electron chi connectivity index (χ3n) is 11.1. The monoisotopic (exact) mass is 916 g/mol. The minimum atomic E-state index is -0.982. The molecular formula is C54H60N8O6. The number of benzene rings is 4. The molecule has 0 spiro atoms. The molecule has 0 saturated carbocycles. The molecule has 1 fully saturated rings. The van der Waals surface area contributed by atoms with E-state index >= 15 is 0 Å². The molecule has 6 aromatic rings. The number of amides is 4. The van der Waals surface area contributed by atoms with Crippen molar-refractivity contribution in [3.8, 4) is 34.4 Å². The summed E-state index contributed by atoms with van der Waals surface area (Å²) < 4.78 is 11.0. The van der Waals surface area contributed by atoms with Crippen molar-refractivity contribution < 1.29 is 28.7 Å². The number of ether oxygens (including phenoxy) is 2. The summed E-state index contributed by atoms with van der Waals surface area (Å²) in [6.07, 6.45) is 3.71. The van der Waals surface area contributed by atoms with Crippen molar-refractivity contribution in [2.24, 2.45) is 5.92 Å². The minimum absolute atomic E-state index is 0.0317. The topological polar surface area (TPSA) is 183 Å². The lowest BCUT2D eigenvalue weighted by Gasteiger charge is -2.29. The minimum Gasteiger partial charge on any atom is -0.444 e. The first-order chi connectivity index (χ1) is 32.4. The molecule has 4 aromatic carbocycles. The number of nitrogens with one attached hydrogen (secondary N) is 5. The second-order valence-electron chi connectivity index (χ2n) is 19.2. The van der Waals surface area contributed by atoms with Crippen LogP contribution in [0.3, 0.4) is 0 Å². The number of H-pyrrole nitrogens is 2. The molecule has 7 rings (SSSR count). The van der Waals surface area contributed by atoms with Crippen LogP contribution in [0.2, 0.25) is 0 Å². The molecule has 0 unspecified atom stereocenters. The number of rotatable bonds is 12. The number of nitrogens with zero attached hydrogens (tertiary/aromatic N) is 3. The van der Waals surface area contributed by atoms with Gasteiger partial charge in [0.2, 0.25) is 5.91 Å². The SMILES string of the molecule is CC(C)[C@H](NC(=O)[C@H](NC(=O)OC(C)(C)C)c1ccccc1)c1ncc(-c2ccc(C#Cc3ccc(-c4cnc([C@@H]5CCCN5C(=O)[C@H](NC(=O)OC(C)(C)C)c5ccccc5)[nH]4)cc3)cc2)[nH]1. The van der Waals surface area contributed by atoms with Crippen molar-refractivity contribution in [3.05, 3.63) is 155 Å². The molecule has 0 radical (unpaired) electrons. The molecule has 3 heterocycles. The first-order valence-electron chi connectivity index (χ1n) is 22.9. The Morgan fingerprint density at radius 2 is 1.13 bits per heavy atom. The van der Waals surface area contributed by atoms with Gasteiger partial charge in [0.1, 0.15) is 34.9 Å². The van der Waals surface area contributed by atoms with Gasteiger partial charge in [-0.2, -0.15) is 0 Å². The normalized spacial score (nSPS) is 15.1. The lowest BCUT2D eigenvalue weighted by molar-refractivity contribution is -0.134. The standard InChI is InChI=1S/C54H60N8O6/c1-34(2)44(59-49(63)45(39-16-11-9-12-17-39)60-51(65)67-53(3,4)5)48-56-33-42(58-48)38-29-25-36(26-30-38)22-21-35-23-27-37(28-24-35)41-32-55-47(57-41)43-20-15-31-62(43)50(64)46(40-18-13-10-14-19-40)61-52(66)68-54(6,7)8/h9-14,16-19,23-30,32-34,43-46H,15,20,31H2,1-8H3,(H,55,57)(H,56,58)(H,59,63)(H,60,65)(H,61,66)/t43-,44-,45+,46+/m0/s1. The Morgan fingerprint density at radius 1 is 0.647 bits per heavy atom. The third-order valence-corrected chi connectivity index (χ3v) is 11.1. The van der Waals surface area contributed by atoms with Crippen LogP contribution in [0.15, 0.2) is 122 Å². The highest BCUT2D eigenvalue weighted by Crippen LogP contribution is 2.34. The summed E-state index contributed by atoms with van der Waals surface area (Å²) in [5, 5.41) is 8.65. The maximum absolute atomic E-state index is 14.1. The Morgan fingerprint density at radius 3 is 1.65 bits per heavy atom. The van der Waals surface area contributed by atoms with Crippen molar-refractivity contribution >= 4 is 24.0 Å². The highest BCUT2D eigenvalue weighted by atomic mass is 16.6. The molecule has 1 aliphatic rings. The average Bonchev–Trinajstić information content (AvgIpc) is 4.10. The summed E-state index contributed by atoms with van der Waals surface area (Å²) >= 11 is 0. The van der Waals surface area contributed by atoms with Crippen LogP contribution in [0.5, 0.6) is 0 Å². The summed E-state index contributed by atoms with van der Waals surface area (Å²) in [7, 11) is 0. The Kier molecular flexibility index (Phi) is 14.8. The molecule has 1 aliphatic heterocycles. The number of alkyl carbamates (subject to hydrolysis) is 2. The first kappa shape index (κ1) is 48.3. The number of carbonyl (C=O) groups is 4. The van der Waals surface area contributed by atoms with Gasteiger partial charge in [-0.1, -0.05) is 111 Å². The van der Waals surface area contributed by atoms with E-state index in [9.17, 15) is 19.2 Å². The fourth-order valence-corrected chi connectivity index (χ4v) is 7.90. The molecule has 4 amide bonds. The van der Waals surface area contributed by atoms with Gasteiger partial charge in [-0.3, -0.25) is 9.59 Å². The highest BCUT2D eigenvalue weighted by molar-refractivity contribution is 5.88. The number of hydrogen-bond acceptors (Lipinski definition) is 8. The second kappa shape index (κ2) is 20.9. The predicted molar refractivity (Wildman–Crippen MR) is 261 cm³/mol. The van der Waals surface area contributed by atoms with Crippen LogP contribution < -0.4 is 16.0 Å². The van der Waals surface area contributed by atoms with E-state index in [1.807, 2.05) is 111 Å². The first-order valence-corrected chi connectivity index (χ1v) is 22.9. The van der Waals surface area contributed by atoms with E-state index in [1.54, 1.807) is 71.0 Å². The number of aromatic nitrogens is 4. The van der Waals surface area contributed by atoms with Crippen LogP contribution in [-0.2, 0) is 19.1 Å². The smallest absolute Gasteiger partial charge is 0.408 e. The van der Waals surface area contributed by atoms with Gasteiger partial charge >= 0.3 is 12.2 Å². The average molecular weight is 917 g/mol. The number of aromatic amines is 2. The van der Waals surface area contributed by atoms with Crippen molar-refractivity contribution in [1.82, 2.24) is 40.8 Å². The van der Waals surface area contributed by atoms with Gasteiger partial charge in [0.05, 0.1) is 35.9 Å². The summed E-state index contributed by atoms with van der Waals surface area (Å²) in [4.78, 5) is 71.6. The largest absolute Gasteiger partial charge is 0.444 e. The van der Waals surface area contributed by atoms with Gasteiger partial charge in [0, 0.05) is 17.7 Å². The molecule has 352 valence electrons. The number of carbonyl (C=O) groups excluding carboxylic acids is 4. The van der Waals surface area contributed by atoms with Crippen LogP contribution in [-0.4, -0.2) is 66.6 Å². The van der Waals surface area contributed by atoms with Crippen molar-refractivity contribution in [1.29, 1.82) is 0 Å². The maximum Gasteiger partial charge on any atom is 0.408 e. The Hall–Kier alpha value is -7.66. The zero-order valence-corrected chi connectivity index (χ0v) is 39.8. The third kappa shape index (κ3) is 12.6. The molecule has 14 nitrogen and oxygen atoms in total. The van der Waals surface area contributed by atoms with Crippen LogP contribution in [0.4, 0.5) is 9.59 Å². The molecule has 5 N–H and O–H groups in total. The van der Waals surface area contributed by atoms with Gasteiger partial charge < -0.3 is 40.3 Å². The maximum atomic E-state index is 14.1. The second-order valence-corrected chi connectivity index (χ2v) is 19.2. The molecule has 4 atom stereocenters. The zero-order chi connectivity index (χ0) is 48.6. The van der Waals surface area contributed by atoms with E-state index in [1.165, 1.54) is 0 Å². The van der Waals surface area contributed by atoms with E-state index in [0.29, 0.717) is 29.3 Å². The van der Waals surface area contributed by atoms with Crippen LogP contribution >= 0.6 is 0 Å². The molecule has 0 aliphatic carbocycles. The van der Waals surface area contributed by atoms with Gasteiger partial charge in [-0.15, -0.1) is 0 Å². The fraction of sp³-hybridized carbons (Fsp3) is 0.333. The molecule has 2 aromatic heterocycles. The van der Waals surface area contributed by atoms with Crippen molar-refractivity contribution in [2.75, 3.05) is 6.54 Å². The molecule has 14 heteroatoms. The van der Waals surface area contributed by atoms with Gasteiger partial charge in [0.15, 0.2) is 0 Å². The number of imidazole rings is 2. The number of likely N-dealkylation sites (tertiary alicyclic amines) is 1. The number of hydrogen-bond donors (Lipinski definition) is 5. The lowest BCUT2D eigenvalue weighted by atomic mass is 10.0. The summed E-state index contributed by atoms with van der Waals surface area (Å²) in [5.41, 5.74) is 4.94. The summed E-state index contributed by atoms with van der Waals surface area (Å²) in [6.45, 7) is 15.2. The Labute approximate surface area is 398 Å². The van der Waals surface area contributed by atoms with E-state index in [2.05, 4.69) is 42.7 Å². The van der Waals surface area contributed by atoms with Crippen LogP contribution in [0.1, 0.15) is 126 Å². The predicted octanol–water partition coefficient (Wildman–Crippen LogP) is 9.88. The lowest BCUT2D eigenvalue weighted by Crippen LogP contribution is -2.44. The van der Waals surface area contributed by atoms with E-state index in [0.717, 1.165) is 46.5 Å². The van der Waals surface area contributed by atoms with Crippen LogP contribution in [0, 0.1) is 17.8 Å². The molecule has 0 bridgehead atoms.